The van der Waals surface area contributed by atoms with Crippen LogP contribution in [0.4, 0.5) is 5.00 Å². The highest BCUT2D eigenvalue weighted by atomic mass is 35.5. The Morgan fingerprint density at radius 2 is 2.35 bits per heavy atom. The Balaban J connectivity index is 2.45. The van der Waals surface area contributed by atoms with E-state index in [9.17, 15) is 10.1 Å². The van der Waals surface area contributed by atoms with Crippen LogP contribution in [0.2, 0.25) is 0 Å². The lowest BCUT2D eigenvalue weighted by molar-refractivity contribution is -0.115. The molecule has 0 fully saturated rings. The van der Waals surface area contributed by atoms with Crippen LogP contribution in [0.5, 0.6) is 0 Å². The van der Waals surface area contributed by atoms with E-state index in [2.05, 4.69) is 18.3 Å². The Hall–Kier alpha value is -0.960. The van der Waals surface area contributed by atoms with Gasteiger partial charge in [0.15, 0.2) is 0 Å². The third-order valence-electron chi connectivity index (χ3n) is 3.46. The number of rotatable bonds is 3. The van der Waals surface area contributed by atoms with E-state index in [1.54, 1.807) is 0 Å². The van der Waals surface area contributed by atoms with Gasteiger partial charge < -0.3 is 5.32 Å². The maximum absolute atomic E-state index is 11.7. The van der Waals surface area contributed by atoms with Crippen molar-refractivity contribution in [1.29, 1.82) is 5.26 Å². The molecule has 6 heteroatoms. The number of nitrogens with zero attached hydrogens (tertiary/aromatic N) is 1. The smallest absolute Gasteiger partial charge is 0.226 e. The average molecular weight is 327 g/mol. The summed E-state index contributed by atoms with van der Waals surface area (Å²) in [5, 5.41) is 12.8. The molecule has 1 amide bonds. The fourth-order valence-electron chi connectivity index (χ4n) is 2.42. The van der Waals surface area contributed by atoms with Crippen molar-refractivity contribution in [3.63, 3.8) is 0 Å². The van der Waals surface area contributed by atoms with Gasteiger partial charge in [-0.2, -0.15) is 5.26 Å². The number of nitrogens with one attached hydrogen (secondary N) is 1. The van der Waals surface area contributed by atoms with Gasteiger partial charge in [0.1, 0.15) is 11.1 Å². The lowest BCUT2D eigenvalue weighted by atomic mass is 9.85. The molecule has 3 nitrogen and oxygen atoms in total. The van der Waals surface area contributed by atoms with Crippen molar-refractivity contribution in [2.45, 2.75) is 32.6 Å². The summed E-state index contributed by atoms with van der Waals surface area (Å²) >= 11 is 12.3. The summed E-state index contributed by atoms with van der Waals surface area (Å²) in [6, 6.07) is 2.23. The molecule has 1 atom stereocenters. The molecule has 0 bridgehead atoms. The van der Waals surface area contributed by atoms with E-state index >= 15 is 0 Å². The Kier molecular flexibility index (Phi) is 5.14. The van der Waals surface area contributed by atoms with Crippen LogP contribution < -0.4 is 5.32 Å². The zero-order chi connectivity index (χ0) is 14.7. The molecule has 1 unspecified atom stereocenters. The van der Waals surface area contributed by atoms with Crippen molar-refractivity contribution >= 4 is 46.1 Å². The van der Waals surface area contributed by atoms with Gasteiger partial charge in [0, 0.05) is 12.3 Å². The quantitative estimate of drug-likeness (QED) is 0.673. The van der Waals surface area contributed by atoms with Crippen LogP contribution in [0.1, 0.15) is 36.5 Å². The first-order chi connectivity index (χ1) is 9.56. The number of anilines is 1. The highest BCUT2D eigenvalue weighted by Gasteiger charge is 2.23. The standard InChI is InChI=1S/C14H15ClN2OS2/c1-8-2-3-9-10(6-8)14(19)20-13(11(9)7-16)17-12(18)4-5-15/h8H,2-6H2,1H3,(H,17,18). The minimum Gasteiger partial charge on any atom is -0.317 e. The molecule has 0 spiro atoms. The Bertz CT molecular complexity index is 633. The van der Waals surface area contributed by atoms with Gasteiger partial charge in [-0.25, -0.2) is 0 Å². The van der Waals surface area contributed by atoms with Crippen molar-refractivity contribution in [3.8, 4) is 6.07 Å². The van der Waals surface area contributed by atoms with Crippen LogP contribution in [0.3, 0.4) is 0 Å². The first kappa shape index (κ1) is 15.4. The summed E-state index contributed by atoms with van der Waals surface area (Å²) in [6.45, 7) is 2.20. The number of hydrogen-bond donors (Lipinski definition) is 1. The molecule has 20 heavy (non-hydrogen) atoms. The minimum atomic E-state index is -0.175. The summed E-state index contributed by atoms with van der Waals surface area (Å²) < 4.78 is 0.784. The largest absolute Gasteiger partial charge is 0.317 e. The molecule has 0 saturated carbocycles. The van der Waals surface area contributed by atoms with Crippen molar-refractivity contribution in [3.05, 3.63) is 20.5 Å². The fraction of sp³-hybridized carbons (Fsp3) is 0.500. The summed E-state index contributed by atoms with van der Waals surface area (Å²) in [4.78, 5) is 11.7. The summed E-state index contributed by atoms with van der Waals surface area (Å²) in [5.41, 5.74) is 2.72. The van der Waals surface area contributed by atoms with E-state index < -0.39 is 0 Å². The number of amides is 1. The van der Waals surface area contributed by atoms with Gasteiger partial charge in [-0.1, -0.05) is 19.1 Å². The van der Waals surface area contributed by atoms with Gasteiger partial charge in [0.25, 0.3) is 0 Å². The van der Waals surface area contributed by atoms with Crippen LogP contribution in [0.15, 0.2) is 0 Å². The molecular weight excluding hydrogens is 312 g/mol. The van der Waals surface area contributed by atoms with E-state index in [0.717, 1.165) is 34.2 Å². The molecule has 1 aliphatic rings. The maximum Gasteiger partial charge on any atom is 0.226 e. The van der Waals surface area contributed by atoms with Gasteiger partial charge in [-0.05, 0) is 36.3 Å². The molecule has 0 saturated heterocycles. The van der Waals surface area contributed by atoms with Crippen LogP contribution >= 0.6 is 35.2 Å². The molecular formula is C14H15ClN2OS2. The number of carbonyl (C=O) groups is 1. The second-order valence-electron chi connectivity index (χ2n) is 5.00. The zero-order valence-electron chi connectivity index (χ0n) is 11.2. The molecule has 1 heterocycles. The molecule has 0 aromatic carbocycles. The van der Waals surface area contributed by atoms with Crippen molar-refractivity contribution < 1.29 is 4.79 Å². The van der Waals surface area contributed by atoms with Gasteiger partial charge in [-0.3, -0.25) is 4.79 Å². The third-order valence-corrected chi connectivity index (χ3v) is 5.09. The molecule has 1 aromatic rings. The minimum absolute atomic E-state index is 0.175. The topological polar surface area (TPSA) is 52.9 Å². The number of halogens is 1. The molecule has 1 aromatic heterocycles. The molecule has 0 aliphatic heterocycles. The van der Waals surface area contributed by atoms with Gasteiger partial charge in [-0.15, -0.1) is 22.9 Å². The number of fused-ring (bicyclic) bond motifs is 1. The van der Waals surface area contributed by atoms with Crippen molar-refractivity contribution in [2.75, 3.05) is 11.2 Å². The van der Waals surface area contributed by atoms with E-state index in [4.69, 9.17) is 23.8 Å². The second-order valence-corrected chi connectivity index (χ2v) is 7.06. The molecule has 2 rings (SSSR count). The van der Waals surface area contributed by atoms with E-state index in [-0.39, 0.29) is 18.2 Å². The third kappa shape index (κ3) is 3.20. The highest BCUT2D eigenvalue weighted by Crippen LogP contribution is 2.35. The molecule has 1 aliphatic carbocycles. The van der Waals surface area contributed by atoms with Crippen LogP contribution in [0.25, 0.3) is 0 Å². The monoisotopic (exact) mass is 326 g/mol. The van der Waals surface area contributed by atoms with Gasteiger partial charge in [0.05, 0.1) is 9.39 Å². The predicted molar refractivity (Wildman–Crippen MR) is 85.0 cm³/mol. The number of hydrogen-bond acceptors (Lipinski definition) is 4. The van der Waals surface area contributed by atoms with Crippen LogP contribution in [0, 0.1) is 21.1 Å². The second kappa shape index (κ2) is 6.66. The normalized spacial score (nSPS) is 17.1. The predicted octanol–water partition coefficient (Wildman–Crippen LogP) is 4.04. The van der Waals surface area contributed by atoms with E-state index in [1.165, 1.54) is 11.3 Å². The molecule has 0 radical (unpaired) electrons. The van der Waals surface area contributed by atoms with Gasteiger partial charge >= 0.3 is 0 Å². The van der Waals surface area contributed by atoms with Crippen molar-refractivity contribution in [2.24, 2.45) is 5.92 Å². The van der Waals surface area contributed by atoms with Gasteiger partial charge in [0.2, 0.25) is 5.91 Å². The number of alkyl halides is 1. The molecule has 1 N–H and O–H groups in total. The number of carbonyl (C=O) groups excluding carboxylic acids is 1. The van der Waals surface area contributed by atoms with Crippen molar-refractivity contribution in [1.82, 2.24) is 0 Å². The SMILES string of the molecule is CC1CCc2c(C#N)c(NC(=O)CCCl)sc(=S)c2C1. The Morgan fingerprint density at radius 1 is 1.60 bits per heavy atom. The summed E-state index contributed by atoms with van der Waals surface area (Å²) in [5.74, 6) is 0.688. The lowest BCUT2D eigenvalue weighted by Gasteiger charge is -2.23. The number of nitriles is 1. The first-order valence-electron chi connectivity index (χ1n) is 6.51. The summed E-state index contributed by atoms with van der Waals surface area (Å²) in [6.07, 6.45) is 3.07. The summed E-state index contributed by atoms with van der Waals surface area (Å²) in [7, 11) is 0. The molecule has 106 valence electrons. The van der Waals surface area contributed by atoms with Crippen LogP contribution in [-0.4, -0.2) is 11.8 Å². The lowest BCUT2D eigenvalue weighted by Crippen LogP contribution is -2.16. The average Bonchev–Trinajstić information content (AvgIpc) is 2.40. The highest BCUT2D eigenvalue weighted by molar-refractivity contribution is 7.73. The Morgan fingerprint density at radius 3 is 3.00 bits per heavy atom. The fourth-order valence-corrected chi connectivity index (χ4v) is 4.00. The van der Waals surface area contributed by atoms with E-state index in [1.807, 2.05) is 0 Å². The maximum atomic E-state index is 11.7. The first-order valence-corrected chi connectivity index (χ1v) is 8.27. The van der Waals surface area contributed by atoms with E-state index in [0.29, 0.717) is 16.5 Å². The zero-order valence-corrected chi connectivity index (χ0v) is 13.6. The van der Waals surface area contributed by atoms with Crippen LogP contribution in [-0.2, 0) is 17.6 Å². The Labute approximate surface area is 132 Å².